The average molecular weight is 197 g/mol. The van der Waals surface area contributed by atoms with Crippen LogP contribution in [0.3, 0.4) is 0 Å². The zero-order valence-corrected chi connectivity index (χ0v) is 7.73. The fraction of sp³-hybridized carbons (Fsp3) is 0.375. The van der Waals surface area contributed by atoms with Gasteiger partial charge in [-0.3, -0.25) is 0 Å². The minimum atomic E-state index is -0.644. The van der Waals surface area contributed by atoms with E-state index in [1.54, 1.807) is 6.92 Å². The van der Waals surface area contributed by atoms with Gasteiger partial charge in [-0.05, 0) is 6.92 Å². The lowest BCUT2D eigenvalue weighted by Crippen LogP contribution is -2.12. The Bertz CT molecular complexity index is 341. The van der Waals surface area contributed by atoms with Crippen molar-refractivity contribution in [1.82, 2.24) is 9.97 Å². The Balaban J connectivity index is 2.96. The van der Waals surface area contributed by atoms with Gasteiger partial charge in [-0.1, -0.05) is 0 Å². The van der Waals surface area contributed by atoms with Crippen LogP contribution in [0.15, 0.2) is 6.07 Å². The van der Waals surface area contributed by atoms with Gasteiger partial charge in [-0.25, -0.2) is 14.8 Å². The zero-order chi connectivity index (χ0) is 10.6. The first-order chi connectivity index (χ1) is 6.67. The number of esters is 1. The van der Waals surface area contributed by atoms with Crippen molar-refractivity contribution >= 4 is 11.8 Å². The summed E-state index contributed by atoms with van der Waals surface area (Å²) in [5.74, 6) is -0.641. The Morgan fingerprint density at radius 3 is 2.93 bits per heavy atom. The van der Waals surface area contributed by atoms with Crippen molar-refractivity contribution < 1.29 is 14.6 Å². The molecule has 0 saturated carbocycles. The summed E-state index contributed by atoms with van der Waals surface area (Å²) in [5.41, 5.74) is 5.69. The third-order valence-electron chi connectivity index (χ3n) is 1.42. The molecular weight excluding hydrogens is 186 g/mol. The van der Waals surface area contributed by atoms with Gasteiger partial charge in [0.25, 0.3) is 0 Å². The normalized spacial score (nSPS) is 9.86. The molecule has 0 aliphatic heterocycles. The van der Waals surface area contributed by atoms with Crippen molar-refractivity contribution in [3.63, 3.8) is 0 Å². The number of aliphatic hydroxyl groups excluding tert-OH is 1. The highest BCUT2D eigenvalue weighted by atomic mass is 16.5. The molecule has 6 heteroatoms. The number of hydrogen-bond donors (Lipinski definition) is 2. The topological polar surface area (TPSA) is 98.3 Å². The fourth-order valence-electron chi connectivity index (χ4n) is 0.886. The number of carbonyl (C=O) groups excluding carboxylic acids is 1. The molecule has 0 saturated heterocycles. The van der Waals surface area contributed by atoms with E-state index in [0.717, 1.165) is 0 Å². The van der Waals surface area contributed by atoms with Crippen LogP contribution in [0.5, 0.6) is 0 Å². The molecule has 1 rings (SSSR count). The molecule has 1 aromatic heterocycles. The van der Waals surface area contributed by atoms with Gasteiger partial charge < -0.3 is 15.6 Å². The maximum Gasteiger partial charge on any atom is 0.376 e. The van der Waals surface area contributed by atoms with Crippen molar-refractivity contribution in [2.75, 3.05) is 12.3 Å². The van der Waals surface area contributed by atoms with E-state index in [1.807, 2.05) is 0 Å². The molecule has 0 aromatic carbocycles. The van der Waals surface area contributed by atoms with Gasteiger partial charge in [-0.15, -0.1) is 0 Å². The number of aromatic nitrogens is 2. The molecule has 0 bridgehead atoms. The van der Waals surface area contributed by atoms with Crippen LogP contribution in [0.2, 0.25) is 0 Å². The number of nitrogen functional groups attached to an aromatic ring is 1. The molecule has 0 aliphatic carbocycles. The van der Waals surface area contributed by atoms with E-state index in [4.69, 9.17) is 10.8 Å². The molecule has 3 N–H and O–H groups in total. The first kappa shape index (κ1) is 10.4. The van der Waals surface area contributed by atoms with E-state index >= 15 is 0 Å². The van der Waals surface area contributed by atoms with E-state index in [0.29, 0.717) is 5.69 Å². The second-order valence-corrected chi connectivity index (χ2v) is 2.49. The van der Waals surface area contributed by atoms with Crippen molar-refractivity contribution in [2.45, 2.75) is 13.5 Å². The first-order valence-corrected chi connectivity index (χ1v) is 4.08. The molecule has 0 aliphatic rings. The van der Waals surface area contributed by atoms with Crippen LogP contribution in [-0.2, 0) is 11.3 Å². The molecule has 1 aromatic rings. The fourth-order valence-corrected chi connectivity index (χ4v) is 0.886. The number of aliphatic hydroxyl groups is 1. The van der Waals surface area contributed by atoms with Gasteiger partial charge in [-0.2, -0.15) is 0 Å². The van der Waals surface area contributed by atoms with E-state index in [2.05, 4.69) is 14.7 Å². The zero-order valence-electron chi connectivity index (χ0n) is 7.73. The molecule has 1 heterocycles. The highest BCUT2D eigenvalue weighted by Crippen LogP contribution is 2.04. The van der Waals surface area contributed by atoms with Gasteiger partial charge >= 0.3 is 5.97 Å². The first-order valence-electron chi connectivity index (χ1n) is 4.08. The number of hydrogen-bond acceptors (Lipinski definition) is 6. The number of nitrogens with two attached hydrogens (primary N) is 1. The summed E-state index contributed by atoms with van der Waals surface area (Å²) in [6.45, 7) is 1.63. The van der Waals surface area contributed by atoms with Gasteiger partial charge in [0.1, 0.15) is 5.82 Å². The SMILES string of the molecule is CCOC(=O)c1nc(N)cc(CO)n1. The monoisotopic (exact) mass is 197 g/mol. The van der Waals surface area contributed by atoms with Crippen LogP contribution in [-0.4, -0.2) is 27.7 Å². The van der Waals surface area contributed by atoms with E-state index in [-0.39, 0.29) is 24.9 Å². The Kier molecular flexibility index (Phi) is 3.35. The van der Waals surface area contributed by atoms with Crippen LogP contribution in [0.1, 0.15) is 23.2 Å². The summed E-state index contributed by atoms with van der Waals surface area (Å²) in [5, 5.41) is 8.80. The number of nitrogens with zero attached hydrogens (tertiary/aromatic N) is 2. The number of rotatable bonds is 3. The Morgan fingerprint density at radius 2 is 2.36 bits per heavy atom. The predicted molar refractivity (Wildman–Crippen MR) is 48.3 cm³/mol. The summed E-state index contributed by atoms with van der Waals surface area (Å²) in [6, 6.07) is 1.39. The lowest BCUT2D eigenvalue weighted by atomic mass is 10.4. The summed E-state index contributed by atoms with van der Waals surface area (Å²) < 4.78 is 4.68. The maximum absolute atomic E-state index is 11.2. The van der Waals surface area contributed by atoms with Crippen molar-refractivity contribution in [3.8, 4) is 0 Å². The molecular formula is C8H11N3O3. The standard InChI is InChI=1S/C8H11N3O3/c1-2-14-8(13)7-10-5(4-12)3-6(9)11-7/h3,12H,2,4H2,1H3,(H2,9,10,11). The smallest absolute Gasteiger partial charge is 0.376 e. The Hall–Kier alpha value is -1.69. The third-order valence-corrected chi connectivity index (χ3v) is 1.42. The molecule has 0 fully saturated rings. The highest BCUT2D eigenvalue weighted by molar-refractivity contribution is 5.85. The second-order valence-electron chi connectivity index (χ2n) is 2.49. The molecule has 14 heavy (non-hydrogen) atoms. The average Bonchev–Trinajstić information content (AvgIpc) is 2.17. The maximum atomic E-state index is 11.2. The van der Waals surface area contributed by atoms with Gasteiger partial charge in [0.15, 0.2) is 0 Å². The van der Waals surface area contributed by atoms with Crippen molar-refractivity contribution in [2.24, 2.45) is 0 Å². The molecule has 6 nitrogen and oxygen atoms in total. The van der Waals surface area contributed by atoms with E-state index in [9.17, 15) is 4.79 Å². The highest BCUT2D eigenvalue weighted by Gasteiger charge is 2.11. The number of carbonyl (C=O) groups is 1. The third kappa shape index (κ3) is 2.40. The molecule has 0 unspecified atom stereocenters. The van der Waals surface area contributed by atoms with Crippen LogP contribution >= 0.6 is 0 Å². The van der Waals surface area contributed by atoms with Crippen LogP contribution in [0.4, 0.5) is 5.82 Å². The number of anilines is 1. The van der Waals surface area contributed by atoms with Crippen LogP contribution < -0.4 is 5.73 Å². The summed E-state index contributed by atoms with van der Waals surface area (Å²) >= 11 is 0. The van der Waals surface area contributed by atoms with E-state index < -0.39 is 5.97 Å². The molecule has 0 amide bonds. The lowest BCUT2D eigenvalue weighted by molar-refractivity contribution is 0.0511. The van der Waals surface area contributed by atoms with Crippen LogP contribution in [0.25, 0.3) is 0 Å². The van der Waals surface area contributed by atoms with Gasteiger partial charge in [0.05, 0.1) is 18.9 Å². The van der Waals surface area contributed by atoms with E-state index in [1.165, 1.54) is 6.07 Å². The molecule has 0 atom stereocenters. The largest absolute Gasteiger partial charge is 0.460 e. The minimum absolute atomic E-state index is 0.129. The van der Waals surface area contributed by atoms with Gasteiger partial charge in [0, 0.05) is 6.07 Å². The minimum Gasteiger partial charge on any atom is -0.460 e. The number of ether oxygens (including phenoxy) is 1. The lowest BCUT2D eigenvalue weighted by Gasteiger charge is -2.02. The Labute approximate surface area is 80.7 Å². The predicted octanol–water partition coefficient (Wildman–Crippen LogP) is -0.272. The Morgan fingerprint density at radius 1 is 1.64 bits per heavy atom. The summed E-state index contributed by atoms with van der Waals surface area (Å²) in [4.78, 5) is 18.6. The molecule has 0 radical (unpaired) electrons. The van der Waals surface area contributed by atoms with Crippen molar-refractivity contribution in [3.05, 3.63) is 17.6 Å². The van der Waals surface area contributed by atoms with Crippen LogP contribution in [0, 0.1) is 0 Å². The second kappa shape index (κ2) is 4.52. The van der Waals surface area contributed by atoms with Gasteiger partial charge in [0.2, 0.25) is 5.82 Å². The summed E-state index contributed by atoms with van der Waals surface area (Å²) in [7, 11) is 0. The summed E-state index contributed by atoms with van der Waals surface area (Å²) in [6.07, 6.45) is 0. The molecule has 0 spiro atoms. The molecule has 76 valence electrons. The quantitative estimate of drug-likeness (QED) is 0.647. The van der Waals surface area contributed by atoms with Crippen molar-refractivity contribution in [1.29, 1.82) is 0 Å².